The average molecular weight is 482 g/mol. The quantitative estimate of drug-likeness (QED) is 0.325. The second-order valence-electron chi connectivity index (χ2n) is 8.40. The van der Waals surface area contributed by atoms with Crippen LogP contribution in [-0.4, -0.2) is 56.2 Å². The number of fused-ring (bicyclic) bond motifs is 2. The lowest BCUT2D eigenvalue weighted by Gasteiger charge is -2.30. The maximum atomic E-state index is 12.8. The smallest absolute Gasteiger partial charge is 0.202 e. The number of phenols is 4. The predicted octanol–water partition coefficient (Wildman–Crippen LogP) is 2.40. The summed E-state index contributed by atoms with van der Waals surface area (Å²) in [6.07, 6.45) is -3.69. The summed E-state index contributed by atoms with van der Waals surface area (Å²) in [6, 6.07) is 9.56. The number of phenolic OH excluding ortho intramolecular Hbond substituents is 4. The number of carbonyl (C=O) groups is 1. The molecule has 0 amide bonds. The van der Waals surface area contributed by atoms with E-state index in [0.717, 1.165) is 12.1 Å². The molecule has 182 valence electrons. The summed E-state index contributed by atoms with van der Waals surface area (Å²) in [6.45, 7) is -0.360. The number of aromatic hydroxyl groups is 4. The molecule has 10 heteroatoms. The molecule has 0 aromatic heterocycles. The molecule has 0 spiro atoms. The Morgan fingerprint density at radius 3 is 2.37 bits per heavy atom. The third kappa shape index (κ3) is 3.54. The van der Waals surface area contributed by atoms with E-state index in [1.54, 1.807) is 18.2 Å². The normalized spacial score (nSPS) is 22.7. The van der Waals surface area contributed by atoms with Crippen molar-refractivity contribution in [1.82, 2.24) is 0 Å². The predicted molar refractivity (Wildman–Crippen MR) is 119 cm³/mol. The maximum absolute atomic E-state index is 12.8. The average Bonchev–Trinajstić information content (AvgIpc) is 3.20. The molecule has 4 atom stereocenters. The van der Waals surface area contributed by atoms with Crippen LogP contribution in [0.5, 0.6) is 40.2 Å². The molecule has 0 fully saturated rings. The van der Waals surface area contributed by atoms with Gasteiger partial charge in [-0.25, -0.2) is 0 Å². The van der Waals surface area contributed by atoms with Crippen molar-refractivity contribution < 1.29 is 49.6 Å². The highest BCUT2D eigenvalue weighted by Crippen LogP contribution is 2.52. The van der Waals surface area contributed by atoms with Crippen LogP contribution in [0, 0.1) is 0 Å². The number of methoxy groups -OCH3 is 1. The minimum atomic E-state index is -1.71. The molecule has 0 unspecified atom stereocenters. The van der Waals surface area contributed by atoms with E-state index in [0.29, 0.717) is 11.1 Å². The number of ether oxygens (including phenoxy) is 3. The van der Waals surface area contributed by atoms with Gasteiger partial charge in [-0.15, -0.1) is 0 Å². The molecule has 10 nitrogen and oxygen atoms in total. The summed E-state index contributed by atoms with van der Waals surface area (Å²) in [4.78, 5) is 12.8. The molecular formula is C25H22O10. The maximum Gasteiger partial charge on any atom is 0.202 e. The molecule has 0 aliphatic carbocycles. The van der Waals surface area contributed by atoms with E-state index >= 15 is 0 Å². The number of benzene rings is 3. The first-order chi connectivity index (χ1) is 16.7. The Morgan fingerprint density at radius 1 is 0.886 bits per heavy atom. The van der Waals surface area contributed by atoms with Crippen LogP contribution < -0.4 is 14.2 Å². The molecule has 35 heavy (non-hydrogen) atoms. The fourth-order valence-corrected chi connectivity index (χ4v) is 4.63. The summed E-state index contributed by atoms with van der Waals surface area (Å²) in [5.41, 5.74) is 0.976. The van der Waals surface area contributed by atoms with E-state index in [9.17, 15) is 35.4 Å². The van der Waals surface area contributed by atoms with Gasteiger partial charge in [0.2, 0.25) is 5.78 Å². The second kappa shape index (κ2) is 8.26. The summed E-state index contributed by atoms with van der Waals surface area (Å²) >= 11 is 0. The van der Waals surface area contributed by atoms with Gasteiger partial charge in [-0.1, -0.05) is 6.07 Å². The molecule has 0 bridgehead atoms. The van der Waals surface area contributed by atoms with Gasteiger partial charge < -0.3 is 44.8 Å². The number of rotatable bonds is 4. The van der Waals surface area contributed by atoms with E-state index in [4.69, 9.17) is 14.2 Å². The van der Waals surface area contributed by atoms with Crippen LogP contribution in [0.2, 0.25) is 0 Å². The van der Waals surface area contributed by atoms with Gasteiger partial charge in [0.15, 0.2) is 35.2 Å². The Balaban J connectivity index is 1.54. The largest absolute Gasteiger partial charge is 0.508 e. The Bertz CT molecular complexity index is 1330. The first-order valence-electron chi connectivity index (χ1n) is 10.7. The highest BCUT2D eigenvalue weighted by Gasteiger charge is 2.42. The minimum absolute atomic E-state index is 0.0668. The van der Waals surface area contributed by atoms with E-state index in [-0.39, 0.29) is 52.2 Å². The van der Waals surface area contributed by atoms with Crippen molar-refractivity contribution in [2.45, 2.75) is 24.2 Å². The van der Waals surface area contributed by atoms with Crippen molar-refractivity contribution in [2.24, 2.45) is 0 Å². The van der Waals surface area contributed by atoms with Crippen molar-refractivity contribution >= 4 is 5.78 Å². The Morgan fingerprint density at radius 2 is 1.66 bits per heavy atom. The van der Waals surface area contributed by atoms with Gasteiger partial charge in [-0.3, -0.25) is 4.79 Å². The van der Waals surface area contributed by atoms with Crippen LogP contribution in [0.25, 0.3) is 0 Å². The summed E-state index contributed by atoms with van der Waals surface area (Å²) in [7, 11) is 1.40. The molecule has 6 N–H and O–H groups in total. The molecule has 2 aliphatic rings. The number of aliphatic hydroxyl groups excluding tert-OH is 2. The van der Waals surface area contributed by atoms with Crippen LogP contribution in [0.3, 0.4) is 0 Å². The third-order valence-corrected chi connectivity index (χ3v) is 6.31. The van der Waals surface area contributed by atoms with Crippen molar-refractivity contribution in [3.05, 3.63) is 64.7 Å². The molecule has 2 aliphatic heterocycles. The van der Waals surface area contributed by atoms with Crippen LogP contribution >= 0.6 is 0 Å². The lowest BCUT2D eigenvalue weighted by atomic mass is 9.87. The molecular weight excluding hydrogens is 460 g/mol. The third-order valence-electron chi connectivity index (χ3n) is 6.31. The van der Waals surface area contributed by atoms with Crippen LogP contribution in [0.15, 0.2) is 42.5 Å². The van der Waals surface area contributed by atoms with Gasteiger partial charge in [-0.05, 0) is 35.4 Å². The van der Waals surface area contributed by atoms with E-state index in [1.165, 1.54) is 19.2 Å². The Hall–Kier alpha value is -4.15. The fourth-order valence-electron chi connectivity index (χ4n) is 4.63. The van der Waals surface area contributed by atoms with Gasteiger partial charge >= 0.3 is 0 Å². The molecule has 3 aromatic carbocycles. The highest BCUT2D eigenvalue weighted by molar-refractivity contribution is 6.05. The van der Waals surface area contributed by atoms with Gasteiger partial charge in [0.1, 0.15) is 28.9 Å². The monoisotopic (exact) mass is 482 g/mol. The van der Waals surface area contributed by atoms with Gasteiger partial charge in [0.05, 0.1) is 19.6 Å². The summed E-state index contributed by atoms with van der Waals surface area (Å²) < 4.78 is 16.9. The number of hydrogen-bond acceptors (Lipinski definition) is 10. The molecule has 3 aromatic rings. The topological polar surface area (TPSA) is 166 Å². The lowest BCUT2D eigenvalue weighted by molar-refractivity contribution is 0.0209. The number of hydrogen-bond donors (Lipinski definition) is 6. The zero-order valence-corrected chi connectivity index (χ0v) is 18.4. The van der Waals surface area contributed by atoms with Crippen LogP contribution in [0.1, 0.15) is 45.2 Å². The molecule has 0 saturated heterocycles. The van der Waals surface area contributed by atoms with Gasteiger partial charge in [0.25, 0.3) is 0 Å². The number of aliphatic hydroxyl groups is 2. The zero-order chi connectivity index (χ0) is 25.0. The minimum Gasteiger partial charge on any atom is -0.508 e. The highest BCUT2D eigenvalue weighted by atomic mass is 16.5. The van der Waals surface area contributed by atoms with Crippen molar-refractivity contribution in [3.8, 4) is 40.2 Å². The Kier molecular flexibility index (Phi) is 5.34. The summed E-state index contributed by atoms with van der Waals surface area (Å²) in [5.74, 6) is -2.45. The molecule has 0 saturated carbocycles. The number of ketones is 1. The van der Waals surface area contributed by atoms with Gasteiger partial charge in [-0.2, -0.15) is 0 Å². The second-order valence-corrected chi connectivity index (χ2v) is 8.40. The first-order valence-corrected chi connectivity index (χ1v) is 10.7. The van der Waals surface area contributed by atoms with Crippen molar-refractivity contribution in [2.75, 3.05) is 13.7 Å². The summed E-state index contributed by atoms with van der Waals surface area (Å²) in [5, 5.41) is 61.3. The van der Waals surface area contributed by atoms with E-state index in [2.05, 4.69) is 0 Å². The SMILES string of the molecule is COc1cc([C@H]2Oc3c(O)cc([C@@H]4Oc5cc(O)cc(O)c5C(=O)[C@H]4O)cc3[C@@H]2CO)ccc1O. The van der Waals surface area contributed by atoms with Crippen LogP contribution in [-0.2, 0) is 0 Å². The molecule has 5 rings (SSSR count). The molecule has 0 radical (unpaired) electrons. The Labute approximate surface area is 198 Å². The standard InChI is InChI=1S/C25H22O10/c1-33-18-6-10(2-3-15(18)28)23-14(9-26)13-4-11(5-17(30)25(13)35-23)24-22(32)21(31)20-16(29)7-12(27)8-19(20)34-24/h2-8,14,22-24,26-30,32H,9H2,1H3/t14-,22+,23+,24-/m0/s1. The van der Waals surface area contributed by atoms with E-state index < -0.39 is 35.8 Å². The lowest BCUT2D eigenvalue weighted by Crippen LogP contribution is -2.36. The zero-order valence-electron chi connectivity index (χ0n) is 18.4. The number of carbonyl (C=O) groups excluding carboxylic acids is 1. The van der Waals surface area contributed by atoms with Crippen molar-refractivity contribution in [3.63, 3.8) is 0 Å². The van der Waals surface area contributed by atoms with Gasteiger partial charge in [0, 0.05) is 17.7 Å². The number of Topliss-reactive ketones (excluding diaryl/α,β-unsaturated/α-hetero) is 1. The van der Waals surface area contributed by atoms with Crippen LogP contribution in [0.4, 0.5) is 0 Å². The molecule has 2 heterocycles. The first kappa shape index (κ1) is 22.6. The van der Waals surface area contributed by atoms with E-state index in [1.807, 2.05) is 0 Å². The van der Waals surface area contributed by atoms with Crippen molar-refractivity contribution in [1.29, 1.82) is 0 Å². The fraction of sp³-hybridized carbons (Fsp3) is 0.240.